The SMILES string of the molecule is O=C1CC(CC2CCCCC(=O)N2)NN1. The van der Waals surface area contributed by atoms with Gasteiger partial charge in [0.05, 0.1) is 0 Å². The second-order valence-electron chi connectivity index (χ2n) is 4.34. The average Bonchev–Trinajstić information content (AvgIpc) is 2.46. The quantitative estimate of drug-likeness (QED) is 0.594. The molecule has 2 unspecified atom stereocenters. The van der Waals surface area contributed by atoms with E-state index in [1.165, 1.54) is 0 Å². The maximum atomic E-state index is 11.3. The van der Waals surface area contributed by atoms with E-state index in [-0.39, 0.29) is 23.9 Å². The van der Waals surface area contributed by atoms with Crippen molar-refractivity contribution in [2.75, 3.05) is 0 Å². The minimum Gasteiger partial charge on any atom is -0.353 e. The van der Waals surface area contributed by atoms with Crippen molar-refractivity contribution in [2.45, 2.75) is 50.6 Å². The topological polar surface area (TPSA) is 70.2 Å². The lowest BCUT2D eigenvalue weighted by molar-refractivity contribution is -0.121. The van der Waals surface area contributed by atoms with Crippen LogP contribution in [0.2, 0.25) is 0 Å². The number of carbonyl (C=O) groups excluding carboxylic acids is 2. The average molecular weight is 211 g/mol. The van der Waals surface area contributed by atoms with E-state index in [2.05, 4.69) is 16.2 Å². The molecule has 0 aromatic carbocycles. The summed E-state index contributed by atoms with van der Waals surface area (Å²) in [5, 5.41) is 3.00. The Morgan fingerprint density at radius 1 is 1.13 bits per heavy atom. The highest BCUT2D eigenvalue weighted by Gasteiger charge is 2.25. The van der Waals surface area contributed by atoms with Crippen LogP contribution in [0.5, 0.6) is 0 Å². The third-order valence-electron chi connectivity index (χ3n) is 2.99. The zero-order valence-corrected chi connectivity index (χ0v) is 8.71. The van der Waals surface area contributed by atoms with E-state index in [9.17, 15) is 9.59 Å². The number of carbonyl (C=O) groups is 2. The molecule has 15 heavy (non-hydrogen) atoms. The fraction of sp³-hybridized carbons (Fsp3) is 0.800. The summed E-state index contributed by atoms with van der Waals surface area (Å²) in [4.78, 5) is 22.3. The molecule has 2 aliphatic rings. The third-order valence-corrected chi connectivity index (χ3v) is 2.99. The van der Waals surface area contributed by atoms with Gasteiger partial charge in [0, 0.05) is 24.9 Å². The summed E-state index contributed by atoms with van der Waals surface area (Å²) >= 11 is 0. The Morgan fingerprint density at radius 2 is 2.00 bits per heavy atom. The minimum absolute atomic E-state index is 0.0416. The molecule has 0 aromatic heterocycles. The number of hydrogen-bond donors (Lipinski definition) is 3. The summed E-state index contributed by atoms with van der Waals surface area (Å²) in [5.74, 6) is 0.190. The highest BCUT2D eigenvalue weighted by molar-refractivity contribution is 5.78. The van der Waals surface area contributed by atoms with Gasteiger partial charge >= 0.3 is 0 Å². The Labute approximate surface area is 89.0 Å². The van der Waals surface area contributed by atoms with Crippen LogP contribution in [0.25, 0.3) is 0 Å². The molecule has 0 radical (unpaired) electrons. The molecule has 84 valence electrons. The van der Waals surface area contributed by atoms with Gasteiger partial charge in [-0.25, -0.2) is 5.43 Å². The smallest absolute Gasteiger partial charge is 0.235 e. The maximum Gasteiger partial charge on any atom is 0.235 e. The van der Waals surface area contributed by atoms with Crippen LogP contribution in [0.1, 0.15) is 38.5 Å². The molecule has 2 rings (SSSR count). The highest BCUT2D eigenvalue weighted by atomic mass is 16.2. The zero-order valence-electron chi connectivity index (χ0n) is 8.71. The van der Waals surface area contributed by atoms with E-state index in [1.54, 1.807) is 0 Å². The number of rotatable bonds is 2. The van der Waals surface area contributed by atoms with Gasteiger partial charge in [0.1, 0.15) is 0 Å². The predicted molar refractivity (Wildman–Crippen MR) is 54.7 cm³/mol. The first-order valence-corrected chi connectivity index (χ1v) is 5.58. The van der Waals surface area contributed by atoms with Gasteiger partial charge in [-0.15, -0.1) is 0 Å². The molecular weight excluding hydrogens is 194 g/mol. The molecule has 0 saturated carbocycles. The van der Waals surface area contributed by atoms with Gasteiger partial charge < -0.3 is 5.32 Å². The van der Waals surface area contributed by atoms with Gasteiger partial charge in [0.15, 0.2) is 0 Å². The Hall–Kier alpha value is -1.10. The molecule has 0 spiro atoms. The predicted octanol–water partition coefficient (Wildman–Crippen LogP) is -0.172. The van der Waals surface area contributed by atoms with Crippen molar-refractivity contribution in [3.8, 4) is 0 Å². The van der Waals surface area contributed by atoms with Gasteiger partial charge in [-0.05, 0) is 19.3 Å². The van der Waals surface area contributed by atoms with Crippen LogP contribution < -0.4 is 16.2 Å². The summed E-state index contributed by atoms with van der Waals surface area (Å²) in [6.45, 7) is 0. The first-order chi connectivity index (χ1) is 7.24. The summed E-state index contributed by atoms with van der Waals surface area (Å²) in [6.07, 6.45) is 5.11. The molecule has 2 heterocycles. The van der Waals surface area contributed by atoms with Crippen molar-refractivity contribution < 1.29 is 9.59 Å². The van der Waals surface area contributed by atoms with Crippen LogP contribution in [0.3, 0.4) is 0 Å². The zero-order chi connectivity index (χ0) is 10.7. The van der Waals surface area contributed by atoms with Gasteiger partial charge in [-0.1, -0.05) is 6.42 Å². The summed E-state index contributed by atoms with van der Waals surface area (Å²) < 4.78 is 0. The minimum atomic E-state index is 0.0416. The molecule has 5 heteroatoms. The van der Waals surface area contributed by atoms with E-state index in [4.69, 9.17) is 0 Å². The monoisotopic (exact) mass is 211 g/mol. The molecule has 3 N–H and O–H groups in total. The van der Waals surface area contributed by atoms with Gasteiger partial charge in [-0.2, -0.15) is 0 Å². The van der Waals surface area contributed by atoms with E-state index >= 15 is 0 Å². The summed E-state index contributed by atoms with van der Waals surface area (Å²) in [7, 11) is 0. The van der Waals surface area contributed by atoms with E-state index in [0.717, 1.165) is 25.7 Å². The third kappa shape index (κ3) is 2.92. The van der Waals surface area contributed by atoms with Crippen molar-refractivity contribution in [1.82, 2.24) is 16.2 Å². The lowest BCUT2D eigenvalue weighted by atomic mass is 10.0. The maximum absolute atomic E-state index is 11.3. The lowest BCUT2D eigenvalue weighted by Crippen LogP contribution is -2.39. The van der Waals surface area contributed by atoms with Gasteiger partial charge in [-0.3, -0.25) is 15.0 Å². The Bertz CT molecular complexity index is 267. The van der Waals surface area contributed by atoms with Crippen LogP contribution in [0.15, 0.2) is 0 Å². The van der Waals surface area contributed by atoms with Crippen molar-refractivity contribution in [2.24, 2.45) is 0 Å². The molecule has 0 aromatic rings. The summed E-state index contributed by atoms with van der Waals surface area (Å²) in [5.41, 5.74) is 5.52. The van der Waals surface area contributed by atoms with Crippen LogP contribution in [0, 0.1) is 0 Å². The van der Waals surface area contributed by atoms with Crippen molar-refractivity contribution in [3.63, 3.8) is 0 Å². The normalized spacial score (nSPS) is 32.0. The number of amides is 2. The van der Waals surface area contributed by atoms with Gasteiger partial charge in [0.25, 0.3) is 0 Å². The largest absolute Gasteiger partial charge is 0.353 e. The molecule has 2 amide bonds. The van der Waals surface area contributed by atoms with Crippen molar-refractivity contribution >= 4 is 11.8 Å². The first kappa shape index (κ1) is 10.4. The molecule has 2 fully saturated rings. The Balaban J connectivity index is 1.82. The van der Waals surface area contributed by atoms with Crippen LogP contribution in [-0.4, -0.2) is 23.9 Å². The second-order valence-corrected chi connectivity index (χ2v) is 4.34. The van der Waals surface area contributed by atoms with Crippen molar-refractivity contribution in [3.05, 3.63) is 0 Å². The first-order valence-electron chi connectivity index (χ1n) is 5.58. The molecule has 2 saturated heterocycles. The van der Waals surface area contributed by atoms with Crippen molar-refractivity contribution in [1.29, 1.82) is 0 Å². The molecule has 5 nitrogen and oxygen atoms in total. The Morgan fingerprint density at radius 3 is 2.73 bits per heavy atom. The van der Waals surface area contributed by atoms with Crippen LogP contribution in [-0.2, 0) is 9.59 Å². The van der Waals surface area contributed by atoms with E-state index in [0.29, 0.717) is 12.8 Å². The fourth-order valence-electron chi connectivity index (χ4n) is 2.22. The molecule has 2 atom stereocenters. The standard InChI is InChI=1S/C10H17N3O2/c14-9-4-2-1-3-7(11-9)5-8-6-10(15)13-12-8/h7-8,12H,1-6H2,(H,11,14)(H,13,15). The second kappa shape index (κ2) is 4.61. The van der Waals surface area contributed by atoms with Gasteiger partial charge in [0.2, 0.25) is 11.8 Å². The van der Waals surface area contributed by atoms with E-state index < -0.39 is 0 Å². The van der Waals surface area contributed by atoms with Crippen LogP contribution >= 0.6 is 0 Å². The highest BCUT2D eigenvalue weighted by Crippen LogP contribution is 2.15. The molecule has 2 aliphatic heterocycles. The Kier molecular flexibility index (Phi) is 3.20. The number of nitrogens with one attached hydrogen (secondary N) is 3. The fourth-order valence-corrected chi connectivity index (χ4v) is 2.22. The van der Waals surface area contributed by atoms with E-state index in [1.807, 2.05) is 0 Å². The lowest BCUT2D eigenvalue weighted by Gasteiger charge is -2.18. The number of hydrogen-bond acceptors (Lipinski definition) is 3. The number of hydrazine groups is 1. The molecule has 0 bridgehead atoms. The molecular formula is C10H17N3O2. The summed E-state index contributed by atoms with van der Waals surface area (Å²) in [6, 6.07) is 0.395. The molecule has 0 aliphatic carbocycles. The van der Waals surface area contributed by atoms with Crippen LogP contribution in [0.4, 0.5) is 0 Å².